The molecule has 1 aliphatic heterocycles. The van der Waals surface area contributed by atoms with Crippen molar-refractivity contribution in [3.05, 3.63) is 59.4 Å². The molecule has 8 nitrogen and oxygen atoms in total. The van der Waals surface area contributed by atoms with E-state index in [0.29, 0.717) is 5.75 Å². The highest BCUT2D eigenvalue weighted by Crippen LogP contribution is 2.28. The number of hydrogen-bond acceptors (Lipinski definition) is 7. The summed E-state index contributed by atoms with van der Waals surface area (Å²) < 4.78 is 12.7. The van der Waals surface area contributed by atoms with Crippen LogP contribution in [0.2, 0.25) is 0 Å². The number of rotatable bonds is 8. The van der Waals surface area contributed by atoms with Crippen molar-refractivity contribution < 1.29 is 14.3 Å². The van der Waals surface area contributed by atoms with Gasteiger partial charge in [-0.1, -0.05) is 23.9 Å². The third-order valence-corrected chi connectivity index (χ3v) is 7.12. The molecular weight excluding hydrogens is 450 g/mol. The summed E-state index contributed by atoms with van der Waals surface area (Å²) in [6.07, 6.45) is 1.70. The van der Waals surface area contributed by atoms with Crippen molar-refractivity contribution in [3.8, 4) is 17.2 Å². The topological polar surface area (TPSA) is 72.7 Å². The largest absolute Gasteiger partial charge is 0.493 e. The molecule has 0 atom stereocenters. The number of carbonyl (C=O) groups is 1. The Bertz CT molecular complexity index is 1140. The second kappa shape index (κ2) is 10.9. The van der Waals surface area contributed by atoms with Crippen LogP contribution in [-0.2, 0) is 11.3 Å². The lowest BCUT2D eigenvalue weighted by molar-refractivity contribution is -0.130. The maximum atomic E-state index is 12.9. The van der Waals surface area contributed by atoms with Gasteiger partial charge in [0, 0.05) is 38.4 Å². The minimum atomic E-state index is 0.130. The Labute approximate surface area is 204 Å². The summed E-state index contributed by atoms with van der Waals surface area (Å²) in [7, 11) is 3.29. The van der Waals surface area contributed by atoms with Gasteiger partial charge in [-0.3, -0.25) is 14.3 Å². The summed E-state index contributed by atoms with van der Waals surface area (Å²) in [6, 6.07) is 12.3. The molecule has 1 saturated heterocycles. The van der Waals surface area contributed by atoms with Gasteiger partial charge in [-0.05, 0) is 54.8 Å². The monoisotopic (exact) mass is 481 g/mol. The SMILES string of the molecule is COc1ccc(CN2CCN(C(=O)CSc3nncn3-c3ccc(C)c(C)c3)CC2)cc1OC. The summed E-state index contributed by atoms with van der Waals surface area (Å²) in [5.74, 6) is 1.94. The first-order valence-electron chi connectivity index (χ1n) is 11.3. The molecule has 0 aliphatic carbocycles. The van der Waals surface area contributed by atoms with E-state index < -0.39 is 0 Å². The Morgan fingerprint density at radius 3 is 2.44 bits per heavy atom. The van der Waals surface area contributed by atoms with Crippen molar-refractivity contribution in [3.63, 3.8) is 0 Å². The summed E-state index contributed by atoms with van der Waals surface area (Å²) in [4.78, 5) is 17.2. The van der Waals surface area contributed by atoms with Gasteiger partial charge < -0.3 is 14.4 Å². The normalized spacial score (nSPS) is 14.3. The van der Waals surface area contributed by atoms with Crippen molar-refractivity contribution in [2.24, 2.45) is 0 Å². The van der Waals surface area contributed by atoms with Gasteiger partial charge in [0.25, 0.3) is 0 Å². The number of amides is 1. The Morgan fingerprint density at radius 1 is 0.971 bits per heavy atom. The first kappa shape index (κ1) is 24.1. The number of carbonyl (C=O) groups excluding carboxylic acids is 1. The van der Waals surface area contributed by atoms with Crippen LogP contribution in [0.3, 0.4) is 0 Å². The molecule has 0 saturated carbocycles. The van der Waals surface area contributed by atoms with Gasteiger partial charge in [0.15, 0.2) is 16.7 Å². The van der Waals surface area contributed by atoms with Gasteiger partial charge in [-0.2, -0.15) is 0 Å². The van der Waals surface area contributed by atoms with Crippen molar-refractivity contribution in [1.29, 1.82) is 0 Å². The number of piperazine rings is 1. The van der Waals surface area contributed by atoms with Crippen LogP contribution in [-0.4, -0.2) is 76.6 Å². The number of benzene rings is 2. The Morgan fingerprint density at radius 2 is 1.74 bits per heavy atom. The minimum Gasteiger partial charge on any atom is -0.493 e. The Kier molecular flexibility index (Phi) is 7.74. The molecule has 1 amide bonds. The van der Waals surface area contributed by atoms with E-state index in [1.807, 2.05) is 21.6 Å². The molecule has 1 aliphatic rings. The molecule has 0 spiro atoms. The number of aryl methyl sites for hydroxylation is 2. The van der Waals surface area contributed by atoms with Crippen LogP contribution >= 0.6 is 11.8 Å². The van der Waals surface area contributed by atoms with Crippen molar-refractivity contribution >= 4 is 17.7 Å². The molecule has 3 aromatic rings. The van der Waals surface area contributed by atoms with E-state index in [1.165, 1.54) is 28.5 Å². The fraction of sp³-hybridized carbons (Fsp3) is 0.400. The number of nitrogens with zero attached hydrogens (tertiary/aromatic N) is 5. The van der Waals surface area contributed by atoms with Gasteiger partial charge >= 0.3 is 0 Å². The lowest BCUT2D eigenvalue weighted by atomic mass is 10.1. The highest BCUT2D eigenvalue weighted by Gasteiger charge is 2.22. The molecule has 4 rings (SSSR count). The molecule has 9 heteroatoms. The van der Waals surface area contributed by atoms with Crippen LogP contribution in [0.25, 0.3) is 5.69 Å². The second-order valence-electron chi connectivity index (χ2n) is 8.39. The molecule has 1 aromatic heterocycles. The minimum absolute atomic E-state index is 0.130. The summed E-state index contributed by atoms with van der Waals surface area (Å²) in [5, 5.41) is 9.01. The van der Waals surface area contributed by atoms with E-state index in [4.69, 9.17) is 9.47 Å². The highest BCUT2D eigenvalue weighted by atomic mass is 32.2. The third-order valence-electron chi connectivity index (χ3n) is 6.19. The summed E-state index contributed by atoms with van der Waals surface area (Å²) in [6.45, 7) is 8.11. The van der Waals surface area contributed by atoms with Gasteiger partial charge in [-0.25, -0.2) is 0 Å². The Hall–Kier alpha value is -3.04. The van der Waals surface area contributed by atoms with Gasteiger partial charge in [0.1, 0.15) is 6.33 Å². The van der Waals surface area contributed by atoms with Crippen molar-refractivity contribution in [2.75, 3.05) is 46.2 Å². The number of methoxy groups -OCH3 is 2. The van der Waals surface area contributed by atoms with Crippen molar-refractivity contribution in [2.45, 2.75) is 25.5 Å². The molecule has 0 unspecified atom stereocenters. The van der Waals surface area contributed by atoms with E-state index in [-0.39, 0.29) is 5.91 Å². The van der Waals surface area contributed by atoms with E-state index in [1.54, 1.807) is 20.5 Å². The average molecular weight is 482 g/mol. The van der Waals surface area contributed by atoms with Gasteiger partial charge in [0.05, 0.1) is 20.0 Å². The van der Waals surface area contributed by atoms with E-state index in [2.05, 4.69) is 53.2 Å². The molecule has 34 heavy (non-hydrogen) atoms. The molecule has 0 bridgehead atoms. The van der Waals surface area contributed by atoms with E-state index in [9.17, 15) is 4.79 Å². The maximum Gasteiger partial charge on any atom is 0.233 e. The van der Waals surface area contributed by atoms with Gasteiger partial charge in [0.2, 0.25) is 5.91 Å². The van der Waals surface area contributed by atoms with Crippen molar-refractivity contribution in [1.82, 2.24) is 24.6 Å². The predicted molar refractivity (Wildman–Crippen MR) is 133 cm³/mol. The van der Waals surface area contributed by atoms with Gasteiger partial charge in [-0.15, -0.1) is 10.2 Å². The van der Waals surface area contributed by atoms with E-state index >= 15 is 0 Å². The second-order valence-corrected chi connectivity index (χ2v) is 9.33. The molecule has 180 valence electrons. The van der Waals surface area contributed by atoms with Crippen LogP contribution < -0.4 is 9.47 Å². The van der Waals surface area contributed by atoms with Crippen LogP contribution in [0.1, 0.15) is 16.7 Å². The van der Waals surface area contributed by atoms with Crippen LogP contribution in [0.15, 0.2) is 47.9 Å². The zero-order valence-corrected chi connectivity index (χ0v) is 21.0. The fourth-order valence-electron chi connectivity index (χ4n) is 3.99. The summed E-state index contributed by atoms with van der Waals surface area (Å²) in [5.41, 5.74) is 4.63. The molecule has 0 N–H and O–H groups in total. The fourth-order valence-corrected chi connectivity index (χ4v) is 4.82. The average Bonchev–Trinajstić information content (AvgIpc) is 3.33. The molecular formula is C25H31N5O3S. The molecule has 1 fully saturated rings. The molecule has 2 heterocycles. The number of aromatic nitrogens is 3. The molecule has 2 aromatic carbocycles. The standard InChI is InChI=1S/C25H31N5O3S/c1-18-5-7-21(13-19(18)2)30-17-26-27-25(30)34-16-24(31)29-11-9-28(10-12-29)15-20-6-8-22(32-3)23(14-20)33-4/h5-8,13-14,17H,9-12,15-16H2,1-4H3. The first-order valence-corrected chi connectivity index (χ1v) is 12.3. The molecule has 0 radical (unpaired) electrons. The summed E-state index contributed by atoms with van der Waals surface area (Å²) >= 11 is 1.43. The smallest absolute Gasteiger partial charge is 0.233 e. The van der Waals surface area contributed by atoms with Crippen LogP contribution in [0.5, 0.6) is 11.5 Å². The lowest BCUT2D eigenvalue weighted by Crippen LogP contribution is -2.48. The van der Waals surface area contributed by atoms with Crippen LogP contribution in [0, 0.1) is 13.8 Å². The predicted octanol–water partition coefficient (Wildman–Crippen LogP) is 3.34. The van der Waals surface area contributed by atoms with E-state index in [0.717, 1.165) is 55.1 Å². The number of thioether (sulfide) groups is 1. The third kappa shape index (κ3) is 5.53. The highest BCUT2D eigenvalue weighted by molar-refractivity contribution is 7.99. The number of hydrogen-bond donors (Lipinski definition) is 0. The maximum absolute atomic E-state index is 12.9. The quantitative estimate of drug-likeness (QED) is 0.457. The lowest BCUT2D eigenvalue weighted by Gasteiger charge is -2.34. The first-order chi connectivity index (χ1) is 16.5. The Balaban J connectivity index is 1.29. The van der Waals surface area contributed by atoms with Crippen LogP contribution in [0.4, 0.5) is 0 Å². The zero-order chi connectivity index (χ0) is 24.1. The number of ether oxygens (including phenoxy) is 2. The zero-order valence-electron chi connectivity index (χ0n) is 20.2.